The Bertz CT molecular complexity index is 450. The molecule has 1 aromatic carbocycles. The van der Waals surface area contributed by atoms with E-state index >= 15 is 0 Å². The fraction of sp³-hybridized carbons (Fsp3) is 0.500. The van der Waals surface area contributed by atoms with Crippen molar-refractivity contribution in [3.8, 4) is 6.07 Å². The van der Waals surface area contributed by atoms with Gasteiger partial charge in [-0.25, -0.2) is 0 Å². The first-order valence-corrected chi connectivity index (χ1v) is 6.59. The largest absolute Gasteiger partial charge is 0.377 e. The molecule has 2 unspecified atom stereocenters. The fourth-order valence-corrected chi connectivity index (χ4v) is 2.27. The number of nitrogens with zero attached hydrogens (tertiary/aromatic N) is 1. The van der Waals surface area contributed by atoms with Gasteiger partial charge in [0.1, 0.15) is 6.04 Å². The molecule has 3 nitrogen and oxygen atoms in total. The summed E-state index contributed by atoms with van der Waals surface area (Å²) in [6.07, 6.45) is 2.42. The Morgan fingerprint density at radius 1 is 1.61 bits per heavy atom. The van der Waals surface area contributed by atoms with Crippen molar-refractivity contribution < 1.29 is 4.74 Å². The Balaban J connectivity index is 1.99. The van der Waals surface area contributed by atoms with Gasteiger partial charge in [-0.3, -0.25) is 5.32 Å². The lowest BCUT2D eigenvalue weighted by Crippen LogP contribution is -2.29. The topological polar surface area (TPSA) is 45.0 Å². The predicted octanol–water partition coefficient (Wildman–Crippen LogP) is 2.98. The molecule has 0 aliphatic carbocycles. The van der Waals surface area contributed by atoms with Crippen LogP contribution < -0.4 is 5.32 Å². The van der Waals surface area contributed by atoms with Crippen molar-refractivity contribution in [3.05, 3.63) is 34.3 Å². The van der Waals surface area contributed by atoms with Gasteiger partial charge in [0.15, 0.2) is 0 Å². The molecule has 96 valence electrons. The normalized spacial score (nSPS) is 20.6. The molecule has 1 heterocycles. The van der Waals surface area contributed by atoms with E-state index in [9.17, 15) is 5.26 Å². The summed E-state index contributed by atoms with van der Waals surface area (Å²) in [5.74, 6) is 0. The third-order valence-corrected chi connectivity index (χ3v) is 3.64. The van der Waals surface area contributed by atoms with Crippen molar-refractivity contribution in [1.82, 2.24) is 5.32 Å². The van der Waals surface area contributed by atoms with Crippen molar-refractivity contribution >= 4 is 11.6 Å². The van der Waals surface area contributed by atoms with Gasteiger partial charge >= 0.3 is 0 Å². The molecule has 1 saturated heterocycles. The standard InChI is InChI=1S/C14H17ClN2O/c1-10-4-5-11(7-13(10)15)14(8-16)17-9-12-3-2-6-18-12/h4-5,7,12,14,17H,2-3,6,9H2,1H3. The number of halogens is 1. The van der Waals surface area contributed by atoms with Crippen LogP contribution in [-0.2, 0) is 4.74 Å². The molecule has 0 amide bonds. The van der Waals surface area contributed by atoms with Crippen molar-refractivity contribution in [2.45, 2.75) is 31.9 Å². The first kappa shape index (κ1) is 13.4. The average Bonchev–Trinajstić information content (AvgIpc) is 2.87. The van der Waals surface area contributed by atoms with Gasteiger partial charge in [-0.05, 0) is 37.0 Å². The number of aryl methyl sites for hydroxylation is 1. The molecule has 1 fully saturated rings. The first-order valence-electron chi connectivity index (χ1n) is 6.21. The highest BCUT2D eigenvalue weighted by molar-refractivity contribution is 6.31. The van der Waals surface area contributed by atoms with Crippen LogP contribution in [0.3, 0.4) is 0 Å². The summed E-state index contributed by atoms with van der Waals surface area (Å²) < 4.78 is 5.53. The molecule has 1 aliphatic heterocycles. The van der Waals surface area contributed by atoms with E-state index in [4.69, 9.17) is 16.3 Å². The monoisotopic (exact) mass is 264 g/mol. The minimum atomic E-state index is -0.327. The summed E-state index contributed by atoms with van der Waals surface area (Å²) >= 11 is 6.08. The Kier molecular flexibility index (Phi) is 4.60. The number of rotatable bonds is 4. The summed E-state index contributed by atoms with van der Waals surface area (Å²) in [6, 6.07) is 7.67. The highest BCUT2D eigenvalue weighted by Gasteiger charge is 2.18. The SMILES string of the molecule is Cc1ccc(C(C#N)NCC2CCCO2)cc1Cl. The van der Waals surface area contributed by atoms with E-state index in [1.165, 1.54) is 0 Å². The number of nitrogens with one attached hydrogen (secondary N) is 1. The van der Waals surface area contributed by atoms with Gasteiger partial charge in [0.05, 0.1) is 12.2 Å². The van der Waals surface area contributed by atoms with E-state index in [-0.39, 0.29) is 12.1 Å². The number of nitriles is 1. The summed E-state index contributed by atoms with van der Waals surface area (Å²) in [4.78, 5) is 0. The zero-order valence-electron chi connectivity index (χ0n) is 10.4. The molecule has 1 aromatic rings. The summed E-state index contributed by atoms with van der Waals surface area (Å²) in [7, 11) is 0. The molecular formula is C14H17ClN2O. The van der Waals surface area contributed by atoms with Crippen LogP contribution in [0.15, 0.2) is 18.2 Å². The Labute approximate surface area is 113 Å². The lowest BCUT2D eigenvalue weighted by molar-refractivity contribution is 0.109. The van der Waals surface area contributed by atoms with Crippen LogP contribution in [0.1, 0.15) is 30.0 Å². The van der Waals surface area contributed by atoms with Crippen molar-refractivity contribution in [2.75, 3.05) is 13.2 Å². The average molecular weight is 265 g/mol. The van der Waals surface area contributed by atoms with E-state index in [1.807, 2.05) is 25.1 Å². The number of hydrogen-bond acceptors (Lipinski definition) is 3. The number of benzene rings is 1. The number of ether oxygens (including phenoxy) is 1. The van der Waals surface area contributed by atoms with E-state index in [0.717, 1.165) is 30.6 Å². The molecule has 0 radical (unpaired) electrons. The van der Waals surface area contributed by atoms with Crippen molar-refractivity contribution in [2.24, 2.45) is 0 Å². The van der Waals surface area contributed by atoms with Crippen LogP contribution in [0.4, 0.5) is 0 Å². The lowest BCUT2D eigenvalue weighted by Gasteiger charge is -2.16. The second-order valence-electron chi connectivity index (χ2n) is 4.61. The maximum absolute atomic E-state index is 9.22. The van der Waals surface area contributed by atoms with Crippen LogP contribution in [0.2, 0.25) is 5.02 Å². The van der Waals surface area contributed by atoms with Crippen LogP contribution in [0, 0.1) is 18.3 Å². The summed E-state index contributed by atoms with van der Waals surface area (Å²) in [5.41, 5.74) is 1.93. The predicted molar refractivity (Wildman–Crippen MR) is 71.5 cm³/mol. The van der Waals surface area contributed by atoms with E-state index in [1.54, 1.807) is 0 Å². The highest BCUT2D eigenvalue weighted by Crippen LogP contribution is 2.21. The Morgan fingerprint density at radius 2 is 2.44 bits per heavy atom. The third-order valence-electron chi connectivity index (χ3n) is 3.23. The van der Waals surface area contributed by atoms with Crippen LogP contribution >= 0.6 is 11.6 Å². The third kappa shape index (κ3) is 3.23. The van der Waals surface area contributed by atoms with Gasteiger partial charge in [0.2, 0.25) is 0 Å². The van der Waals surface area contributed by atoms with Crippen molar-refractivity contribution in [3.63, 3.8) is 0 Å². The Hall–Kier alpha value is -1.08. The maximum atomic E-state index is 9.22. The summed E-state index contributed by atoms with van der Waals surface area (Å²) in [5, 5.41) is 13.1. The molecular weight excluding hydrogens is 248 g/mol. The smallest absolute Gasteiger partial charge is 0.121 e. The minimum absolute atomic E-state index is 0.238. The quantitative estimate of drug-likeness (QED) is 0.909. The van der Waals surface area contributed by atoms with E-state index in [2.05, 4.69) is 11.4 Å². The van der Waals surface area contributed by atoms with Gasteiger partial charge < -0.3 is 4.74 Å². The van der Waals surface area contributed by atoms with Crippen molar-refractivity contribution in [1.29, 1.82) is 5.26 Å². The zero-order chi connectivity index (χ0) is 13.0. The molecule has 2 rings (SSSR count). The second-order valence-corrected chi connectivity index (χ2v) is 5.02. The molecule has 2 atom stereocenters. The molecule has 0 aromatic heterocycles. The zero-order valence-corrected chi connectivity index (χ0v) is 11.2. The number of hydrogen-bond donors (Lipinski definition) is 1. The van der Waals surface area contributed by atoms with Gasteiger partial charge in [0.25, 0.3) is 0 Å². The molecule has 1 N–H and O–H groups in total. The van der Waals surface area contributed by atoms with E-state index < -0.39 is 0 Å². The van der Waals surface area contributed by atoms with Crippen LogP contribution in [0.5, 0.6) is 0 Å². The maximum Gasteiger partial charge on any atom is 0.121 e. The highest BCUT2D eigenvalue weighted by atomic mass is 35.5. The molecule has 0 saturated carbocycles. The van der Waals surface area contributed by atoms with Gasteiger partial charge in [-0.15, -0.1) is 0 Å². The van der Waals surface area contributed by atoms with Gasteiger partial charge in [-0.2, -0.15) is 5.26 Å². The first-order chi connectivity index (χ1) is 8.70. The molecule has 0 bridgehead atoms. The van der Waals surface area contributed by atoms with Gasteiger partial charge in [0, 0.05) is 18.2 Å². The molecule has 0 spiro atoms. The van der Waals surface area contributed by atoms with Crippen LogP contribution in [-0.4, -0.2) is 19.3 Å². The Morgan fingerprint density at radius 3 is 3.06 bits per heavy atom. The molecule has 18 heavy (non-hydrogen) atoms. The molecule has 4 heteroatoms. The summed E-state index contributed by atoms with van der Waals surface area (Å²) in [6.45, 7) is 3.50. The minimum Gasteiger partial charge on any atom is -0.377 e. The van der Waals surface area contributed by atoms with E-state index in [0.29, 0.717) is 11.6 Å². The van der Waals surface area contributed by atoms with Crippen LogP contribution in [0.25, 0.3) is 0 Å². The second kappa shape index (κ2) is 6.19. The molecule has 1 aliphatic rings. The van der Waals surface area contributed by atoms with Gasteiger partial charge in [-0.1, -0.05) is 23.7 Å². The lowest BCUT2D eigenvalue weighted by atomic mass is 10.1. The fourth-order valence-electron chi connectivity index (χ4n) is 2.08.